The van der Waals surface area contributed by atoms with E-state index in [2.05, 4.69) is 20.9 Å². The number of aromatic hydroxyl groups is 1. The number of phenols is 1. The van der Waals surface area contributed by atoms with E-state index in [-0.39, 0.29) is 11.8 Å². The van der Waals surface area contributed by atoms with Gasteiger partial charge in [0.1, 0.15) is 5.75 Å². The molecule has 0 aliphatic heterocycles. The lowest BCUT2D eigenvalue weighted by molar-refractivity contribution is 0.474. The summed E-state index contributed by atoms with van der Waals surface area (Å²) in [6.45, 7) is 2.04. The molecular weight excluding hydrogens is 338 g/mol. The average molecular weight is 353 g/mol. The summed E-state index contributed by atoms with van der Waals surface area (Å²) in [5, 5.41) is 10.5. The van der Waals surface area contributed by atoms with Crippen LogP contribution in [0.15, 0.2) is 51.9 Å². The monoisotopic (exact) mass is 351 g/mol. The highest BCUT2D eigenvalue weighted by molar-refractivity contribution is 9.10. The first-order valence-corrected chi connectivity index (χ1v) is 7.48. The first-order valence-electron chi connectivity index (χ1n) is 6.31. The van der Waals surface area contributed by atoms with Gasteiger partial charge in [0.25, 0.3) is 0 Å². The Hall–Kier alpha value is -1.32. The molecule has 0 radical (unpaired) electrons. The van der Waals surface area contributed by atoms with E-state index in [1.165, 1.54) is 5.56 Å². The Morgan fingerprint density at radius 2 is 1.95 bits per heavy atom. The van der Waals surface area contributed by atoms with Crippen molar-refractivity contribution >= 4 is 33.7 Å². The van der Waals surface area contributed by atoms with Gasteiger partial charge in [-0.25, -0.2) is 0 Å². The Morgan fingerprint density at radius 1 is 1.25 bits per heavy atom. The molecule has 0 spiro atoms. The van der Waals surface area contributed by atoms with Crippen LogP contribution in [0.1, 0.15) is 18.1 Å². The summed E-state index contributed by atoms with van der Waals surface area (Å²) < 4.78 is 0.919. The molecule has 0 saturated carbocycles. The number of nitrogens with zero attached hydrogens (tertiary/aromatic N) is 1. The Morgan fingerprint density at radius 3 is 2.65 bits per heavy atom. The third-order valence-electron chi connectivity index (χ3n) is 2.90. The Kier molecular flexibility index (Phi) is 5.21. The highest BCUT2D eigenvalue weighted by Crippen LogP contribution is 2.20. The number of phenolic OH excluding ortho intramolecular Hbond substituents is 1. The number of benzene rings is 2. The molecule has 20 heavy (non-hydrogen) atoms. The molecule has 0 saturated heterocycles. The third kappa shape index (κ3) is 4.36. The number of hydrogen-bond donors (Lipinski definition) is 1. The molecule has 2 aromatic carbocycles. The van der Waals surface area contributed by atoms with Crippen molar-refractivity contribution in [3.05, 3.63) is 63.1 Å². The summed E-state index contributed by atoms with van der Waals surface area (Å²) in [7, 11) is 0. The first-order chi connectivity index (χ1) is 9.54. The zero-order valence-electron chi connectivity index (χ0n) is 11.1. The van der Waals surface area contributed by atoms with Crippen LogP contribution in [0.4, 0.5) is 0 Å². The molecule has 0 amide bonds. The minimum atomic E-state index is 0.134. The quantitative estimate of drug-likeness (QED) is 0.783. The SMILES string of the molecule is C[C@H](Cc1ccc(Cl)cc1)N=Cc1cc(Br)ccc1O. The number of aliphatic imine (C=N–C) groups is 1. The van der Waals surface area contributed by atoms with Crippen LogP contribution in [0.3, 0.4) is 0 Å². The smallest absolute Gasteiger partial charge is 0.124 e. The van der Waals surface area contributed by atoms with Gasteiger partial charge in [0, 0.05) is 21.3 Å². The largest absolute Gasteiger partial charge is 0.507 e. The maximum absolute atomic E-state index is 9.74. The van der Waals surface area contributed by atoms with Gasteiger partial charge in [0.15, 0.2) is 0 Å². The number of halogens is 2. The Balaban J connectivity index is 2.03. The fourth-order valence-corrected chi connectivity index (χ4v) is 2.36. The minimum absolute atomic E-state index is 0.134. The van der Waals surface area contributed by atoms with Crippen molar-refractivity contribution < 1.29 is 5.11 Å². The van der Waals surface area contributed by atoms with Gasteiger partial charge >= 0.3 is 0 Å². The van der Waals surface area contributed by atoms with Crippen molar-refractivity contribution in [3.63, 3.8) is 0 Å². The summed E-state index contributed by atoms with van der Waals surface area (Å²) >= 11 is 9.24. The van der Waals surface area contributed by atoms with Crippen LogP contribution in [0.2, 0.25) is 5.02 Å². The molecule has 0 fully saturated rings. The lowest BCUT2D eigenvalue weighted by Crippen LogP contribution is -2.03. The molecule has 0 unspecified atom stereocenters. The van der Waals surface area contributed by atoms with Crippen molar-refractivity contribution in [2.45, 2.75) is 19.4 Å². The first kappa shape index (κ1) is 15.1. The van der Waals surface area contributed by atoms with E-state index < -0.39 is 0 Å². The van der Waals surface area contributed by atoms with Gasteiger partial charge in [-0.3, -0.25) is 4.99 Å². The van der Waals surface area contributed by atoms with Crippen LogP contribution >= 0.6 is 27.5 Å². The van der Waals surface area contributed by atoms with Gasteiger partial charge in [-0.2, -0.15) is 0 Å². The van der Waals surface area contributed by atoms with E-state index in [1.807, 2.05) is 37.3 Å². The summed E-state index contributed by atoms with van der Waals surface area (Å²) in [4.78, 5) is 4.48. The predicted molar refractivity (Wildman–Crippen MR) is 88.0 cm³/mol. The molecule has 104 valence electrons. The lowest BCUT2D eigenvalue weighted by Gasteiger charge is -2.07. The summed E-state index contributed by atoms with van der Waals surface area (Å²) in [6.07, 6.45) is 2.54. The molecule has 2 rings (SSSR count). The van der Waals surface area contributed by atoms with Gasteiger partial charge < -0.3 is 5.11 Å². The van der Waals surface area contributed by atoms with Gasteiger partial charge in [0.05, 0.1) is 6.04 Å². The van der Waals surface area contributed by atoms with Crippen molar-refractivity contribution in [2.24, 2.45) is 4.99 Å². The minimum Gasteiger partial charge on any atom is -0.507 e. The van der Waals surface area contributed by atoms with Crippen LogP contribution in [0.25, 0.3) is 0 Å². The normalized spacial score (nSPS) is 12.8. The molecule has 4 heteroatoms. The van der Waals surface area contributed by atoms with Crippen LogP contribution in [-0.2, 0) is 6.42 Å². The van der Waals surface area contributed by atoms with Gasteiger partial charge in [-0.05, 0) is 49.2 Å². The second-order valence-corrected chi connectivity index (χ2v) is 6.01. The Labute approximate surface area is 132 Å². The molecule has 0 aliphatic rings. The molecule has 0 heterocycles. The van der Waals surface area contributed by atoms with Crippen LogP contribution in [-0.4, -0.2) is 17.4 Å². The highest BCUT2D eigenvalue weighted by Gasteiger charge is 2.03. The molecule has 0 bridgehead atoms. The molecule has 2 nitrogen and oxygen atoms in total. The van der Waals surface area contributed by atoms with Crippen LogP contribution in [0.5, 0.6) is 5.75 Å². The zero-order chi connectivity index (χ0) is 14.5. The van der Waals surface area contributed by atoms with Gasteiger partial charge in [0.2, 0.25) is 0 Å². The van der Waals surface area contributed by atoms with Crippen molar-refractivity contribution in [2.75, 3.05) is 0 Å². The van der Waals surface area contributed by atoms with E-state index in [1.54, 1.807) is 18.3 Å². The maximum Gasteiger partial charge on any atom is 0.124 e. The fraction of sp³-hybridized carbons (Fsp3) is 0.188. The van der Waals surface area contributed by atoms with Crippen molar-refractivity contribution in [1.29, 1.82) is 0 Å². The van der Waals surface area contributed by atoms with E-state index in [0.29, 0.717) is 5.56 Å². The molecule has 0 aliphatic carbocycles. The average Bonchev–Trinajstić information content (AvgIpc) is 2.42. The molecule has 2 aromatic rings. The highest BCUT2D eigenvalue weighted by atomic mass is 79.9. The molecule has 1 atom stereocenters. The molecule has 1 N–H and O–H groups in total. The summed E-state index contributed by atoms with van der Waals surface area (Å²) in [6, 6.07) is 13.2. The standard InChI is InChI=1S/C16H15BrClNO/c1-11(8-12-2-5-15(18)6-3-12)19-10-13-9-14(17)4-7-16(13)20/h2-7,9-11,20H,8H2,1H3/t11-/m1/s1. The maximum atomic E-state index is 9.74. The lowest BCUT2D eigenvalue weighted by atomic mass is 10.1. The van der Waals surface area contributed by atoms with Gasteiger partial charge in [-0.1, -0.05) is 39.7 Å². The third-order valence-corrected chi connectivity index (χ3v) is 3.65. The van der Waals surface area contributed by atoms with Crippen molar-refractivity contribution in [3.8, 4) is 5.75 Å². The molecular formula is C16H15BrClNO. The second kappa shape index (κ2) is 6.91. The number of rotatable bonds is 4. The van der Waals surface area contributed by atoms with Crippen LogP contribution in [0, 0.1) is 0 Å². The zero-order valence-corrected chi connectivity index (χ0v) is 13.4. The van der Waals surface area contributed by atoms with E-state index >= 15 is 0 Å². The Bertz CT molecular complexity index is 610. The van der Waals surface area contributed by atoms with Crippen LogP contribution < -0.4 is 0 Å². The topological polar surface area (TPSA) is 32.6 Å². The summed E-state index contributed by atoms with van der Waals surface area (Å²) in [5.74, 6) is 0.232. The second-order valence-electron chi connectivity index (χ2n) is 4.66. The molecule has 0 aromatic heterocycles. The van der Waals surface area contributed by atoms with Gasteiger partial charge in [-0.15, -0.1) is 0 Å². The predicted octanol–water partition coefficient (Wildman–Crippen LogP) is 4.86. The fourth-order valence-electron chi connectivity index (χ4n) is 1.85. The van der Waals surface area contributed by atoms with Crippen molar-refractivity contribution in [1.82, 2.24) is 0 Å². The van der Waals surface area contributed by atoms with E-state index in [9.17, 15) is 5.11 Å². The summed E-state index contributed by atoms with van der Waals surface area (Å²) in [5.41, 5.74) is 1.90. The van der Waals surface area contributed by atoms with E-state index in [0.717, 1.165) is 15.9 Å². The van der Waals surface area contributed by atoms with E-state index in [4.69, 9.17) is 11.6 Å². The number of hydrogen-bond acceptors (Lipinski definition) is 2.